The van der Waals surface area contributed by atoms with Crippen molar-refractivity contribution >= 4 is 18.5 Å². The lowest BCUT2D eigenvalue weighted by Gasteiger charge is -2.09. The maximum absolute atomic E-state index is 12.5. The molecule has 0 saturated carbocycles. The fourth-order valence-corrected chi connectivity index (χ4v) is 4.24. The van der Waals surface area contributed by atoms with Gasteiger partial charge in [-0.05, 0) is 62.3 Å². The van der Waals surface area contributed by atoms with E-state index in [1.165, 1.54) is 4.90 Å². The third kappa shape index (κ3) is 5.05. The molecule has 0 unspecified atom stereocenters. The Balaban J connectivity index is 2.04. The molecule has 0 aromatic heterocycles. The highest BCUT2D eigenvalue weighted by molar-refractivity contribution is 8.55. The largest absolute Gasteiger partial charge is 0.416 e. The molecule has 0 bridgehead atoms. The number of benzene rings is 2. The van der Waals surface area contributed by atoms with Crippen LogP contribution in [0, 0.1) is 0 Å². The second kappa shape index (κ2) is 6.85. The van der Waals surface area contributed by atoms with Gasteiger partial charge in [-0.1, -0.05) is 35.6 Å². The van der Waals surface area contributed by atoms with E-state index in [1.807, 2.05) is 23.5 Å². The highest BCUT2D eigenvalue weighted by Gasteiger charge is 2.29. The summed E-state index contributed by atoms with van der Waals surface area (Å²) in [6.07, 6.45) is -3.62. The Morgan fingerprint density at radius 1 is 0.857 bits per heavy atom. The Morgan fingerprint density at radius 2 is 1.33 bits per heavy atom. The van der Waals surface area contributed by atoms with Crippen LogP contribution in [-0.2, 0) is 12.6 Å². The minimum atomic E-state index is -4.27. The third-order valence-electron chi connectivity index (χ3n) is 2.90. The summed E-state index contributed by atoms with van der Waals surface area (Å²) in [5, 5.41) is 0. The van der Waals surface area contributed by atoms with Crippen LogP contribution in [0.1, 0.15) is 16.7 Å². The van der Waals surface area contributed by atoms with Crippen LogP contribution in [0.5, 0.6) is 0 Å². The molecule has 21 heavy (non-hydrogen) atoms. The molecule has 0 N–H and O–H groups in total. The van der Waals surface area contributed by atoms with Gasteiger partial charge in [-0.15, -0.1) is 0 Å². The van der Waals surface area contributed by atoms with Crippen molar-refractivity contribution in [2.45, 2.75) is 17.5 Å². The highest BCUT2D eigenvalue weighted by Crippen LogP contribution is 2.47. The second-order valence-corrected chi connectivity index (χ2v) is 9.94. The van der Waals surface area contributed by atoms with E-state index in [2.05, 4.69) is 25.5 Å². The standard InChI is InChI=1S/C16H16F3PS/c1-20(2)21-15-9-5-13(6-10-15)11-12-3-7-14(8-4-12)16(17,18)19/h3-10H,11H2,1-2H3. The molecule has 112 valence electrons. The molecule has 0 aliphatic heterocycles. The fourth-order valence-electron chi connectivity index (χ4n) is 1.93. The topological polar surface area (TPSA) is 0 Å². The first kappa shape index (κ1) is 16.4. The Hall–Kier alpha value is -0.990. The first-order chi connectivity index (χ1) is 9.84. The first-order valence-electron chi connectivity index (χ1n) is 6.45. The molecule has 0 fully saturated rings. The smallest absolute Gasteiger partial charge is 0.166 e. The highest BCUT2D eigenvalue weighted by atomic mass is 32.7. The van der Waals surface area contributed by atoms with Crippen molar-refractivity contribution in [3.8, 4) is 0 Å². The summed E-state index contributed by atoms with van der Waals surface area (Å²) in [4.78, 5) is 1.24. The molecular weight excluding hydrogens is 312 g/mol. The molecule has 0 aliphatic rings. The van der Waals surface area contributed by atoms with Crippen LogP contribution in [0.2, 0.25) is 0 Å². The van der Waals surface area contributed by atoms with E-state index in [9.17, 15) is 13.2 Å². The summed E-state index contributed by atoms with van der Waals surface area (Å²) in [6, 6.07) is 13.6. The lowest BCUT2D eigenvalue weighted by Crippen LogP contribution is -2.04. The summed E-state index contributed by atoms with van der Waals surface area (Å²) in [5.74, 6) is 0. The quantitative estimate of drug-likeness (QED) is 0.616. The van der Waals surface area contributed by atoms with Crippen LogP contribution in [0.4, 0.5) is 13.2 Å². The zero-order valence-electron chi connectivity index (χ0n) is 11.8. The van der Waals surface area contributed by atoms with Crippen molar-refractivity contribution < 1.29 is 13.2 Å². The molecule has 0 heterocycles. The van der Waals surface area contributed by atoms with Crippen molar-refractivity contribution in [1.82, 2.24) is 0 Å². The fraction of sp³-hybridized carbons (Fsp3) is 0.250. The van der Waals surface area contributed by atoms with E-state index < -0.39 is 11.7 Å². The molecule has 0 nitrogen and oxygen atoms in total. The lowest BCUT2D eigenvalue weighted by molar-refractivity contribution is -0.137. The van der Waals surface area contributed by atoms with Gasteiger partial charge in [0, 0.05) is 4.90 Å². The van der Waals surface area contributed by atoms with Gasteiger partial charge in [-0.2, -0.15) is 13.2 Å². The van der Waals surface area contributed by atoms with Crippen LogP contribution in [0.25, 0.3) is 0 Å². The minimum absolute atomic E-state index is 0.0392. The Kier molecular flexibility index (Phi) is 5.34. The summed E-state index contributed by atoms with van der Waals surface area (Å²) >= 11 is 1.86. The molecule has 0 radical (unpaired) electrons. The van der Waals surface area contributed by atoms with Gasteiger partial charge in [-0.3, -0.25) is 0 Å². The monoisotopic (exact) mass is 328 g/mol. The van der Waals surface area contributed by atoms with E-state index in [-0.39, 0.29) is 7.12 Å². The SMILES string of the molecule is CP(C)Sc1ccc(Cc2ccc(C(F)(F)F)cc2)cc1. The normalized spacial score (nSPS) is 11.9. The molecule has 5 heteroatoms. The van der Waals surface area contributed by atoms with Gasteiger partial charge >= 0.3 is 6.18 Å². The van der Waals surface area contributed by atoms with Gasteiger partial charge < -0.3 is 0 Å². The average molecular weight is 328 g/mol. The second-order valence-electron chi connectivity index (χ2n) is 4.92. The molecule has 2 rings (SSSR count). The van der Waals surface area contributed by atoms with E-state index in [0.29, 0.717) is 6.42 Å². The van der Waals surface area contributed by atoms with Gasteiger partial charge in [0.15, 0.2) is 0 Å². The van der Waals surface area contributed by atoms with E-state index in [0.717, 1.165) is 23.3 Å². The Labute approximate surface area is 128 Å². The van der Waals surface area contributed by atoms with Gasteiger partial charge in [0.2, 0.25) is 0 Å². The van der Waals surface area contributed by atoms with E-state index >= 15 is 0 Å². The van der Waals surface area contributed by atoms with Crippen LogP contribution >= 0.6 is 18.5 Å². The predicted octanol–water partition coefficient (Wildman–Crippen LogP) is 6.04. The summed E-state index contributed by atoms with van der Waals surface area (Å²) in [6.45, 7) is 4.41. The number of alkyl halides is 3. The maximum atomic E-state index is 12.5. The van der Waals surface area contributed by atoms with Crippen LogP contribution in [-0.4, -0.2) is 13.3 Å². The Morgan fingerprint density at radius 3 is 1.76 bits per heavy atom. The summed E-state index contributed by atoms with van der Waals surface area (Å²) in [5.41, 5.74) is 1.39. The average Bonchev–Trinajstić information content (AvgIpc) is 2.40. The van der Waals surface area contributed by atoms with Gasteiger partial charge in [0.1, 0.15) is 0 Å². The van der Waals surface area contributed by atoms with E-state index in [1.54, 1.807) is 12.1 Å². The lowest BCUT2D eigenvalue weighted by atomic mass is 10.0. The van der Waals surface area contributed by atoms with Crippen LogP contribution in [0.3, 0.4) is 0 Å². The molecular formula is C16H16F3PS. The third-order valence-corrected chi connectivity index (χ3v) is 5.48. The van der Waals surface area contributed by atoms with Crippen molar-refractivity contribution in [3.63, 3.8) is 0 Å². The number of rotatable bonds is 4. The predicted molar refractivity (Wildman–Crippen MR) is 85.3 cm³/mol. The van der Waals surface area contributed by atoms with Crippen molar-refractivity contribution in [1.29, 1.82) is 0 Å². The minimum Gasteiger partial charge on any atom is -0.166 e. The molecule has 0 aliphatic carbocycles. The molecule has 0 amide bonds. The zero-order chi connectivity index (χ0) is 15.5. The van der Waals surface area contributed by atoms with Crippen LogP contribution < -0.4 is 0 Å². The summed E-state index contributed by atoms with van der Waals surface area (Å²) in [7, 11) is -0.0392. The first-order valence-corrected chi connectivity index (χ1v) is 10.1. The molecule has 2 aromatic rings. The Bertz CT molecular complexity index is 574. The maximum Gasteiger partial charge on any atom is 0.416 e. The molecule has 2 aromatic carbocycles. The number of hydrogen-bond acceptors (Lipinski definition) is 1. The van der Waals surface area contributed by atoms with Gasteiger partial charge in [0.25, 0.3) is 0 Å². The van der Waals surface area contributed by atoms with Crippen molar-refractivity contribution in [2.75, 3.05) is 13.3 Å². The van der Waals surface area contributed by atoms with Gasteiger partial charge in [-0.25, -0.2) is 0 Å². The number of hydrogen-bond donors (Lipinski definition) is 0. The van der Waals surface area contributed by atoms with E-state index in [4.69, 9.17) is 0 Å². The summed E-state index contributed by atoms with van der Waals surface area (Å²) < 4.78 is 37.5. The molecule has 0 saturated heterocycles. The molecule has 0 atom stereocenters. The van der Waals surface area contributed by atoms with Gasteiger partial charge in [0.05, 0.1) is 5.56 Å². The zero-order valence-corrected chi connectivity index (χ0v) is 13.5. The van der Waals surface area contributed by atoms with Crippen LogP contribution in [0.15, 0.2) is 53.4 Å². The van der Waals surface area contributed by atoms with Crippen molar-refractivity contribution in [2.24, 2.45) is 0 Å². The molecule has 0 spiro atoms. The number of halogens is 3. The van der Waals surface area contributed by atoms with Crippen molar-refractivity contribution in [3.05, 3.63) is 65.2 Å².